The lowest BCUT2D eigenvalue weighted by Gasteiger charge is -2.09. The van der Waals surface area contributed by atoms with Crippen molar-refractivity contribution in [1.82, 2.24) is 9.97 Å². The standard InChI is InChI=1S/C21H22N4O2/c1-3-27-21(26)17-8-10-18(11-9-17)25-20-12-19(23-14-24-20)22-13-16-6-4-15(2)5-7-16/h4-12,14H,3,13H2,1-2H3,(H2,22,23,24,25). The Kier molecular flexibility index (Phi) is 5.99. The number of nitrogens with one attached hydrogen (secondary N) is 2. The zero-order chi connectivity index (χ0) is 19.1. The molecule has 2 N–H and O–H groups in total. The second-order valence-corrected chi connectivity index (χ2v) is 6.05. The maximum absolute atomic E-state index is 11.7. The topological polar surface area (TPSA) is 76.1 Å². The normalized spacial score (nSPS) is 10.3. The van der Waals surface area contributed by atoms with E-state index >= 15 is 0 Å². The van der Waals surface area contributed by atoms with E-state index < -0.39 is 0 Å². The Labute approximate surface area is 158 Å². The molecule has 0 unspecified atom stereocenters. The number of aromatic nitrogens is 2. The van der Waals surface area contributed by atoms with Gasteiger partial charge in [-0.1, -0.05) is 29.8 Å². The lowest BCUT2D eigenvalue weighted by molar-refractivity contribution is 0.0526. The van der Waals surface area contributed by atoms with Crippen molar-refractivity contribution in [2.45, 2.75) is 20.4 Å². The lowest BCUT2D eigenvalue weighted by atomic mass is 10.1. The number of carbonyl (C=O) groups excluding carboxylic acids is 1. The summed E-state index contributed by atoms with van der Waals surface area (Å²) in [5, 5.41) is 6.50. The first-order valence-electron chi connectivity index (χ1n) is 8.79. The van der Waals surface area contributed by atoms with Crippen LogP contribution < -0.4 is 10.6 Å². The van der Waals surface area contributed by atoms with Crippen LogP contribution in [0.25, 0.3) is 0 Å². The Morgan fingerprint density at radius 1 is 1.00 bits per heavy atom. The van der Waals surface area contributed by atoms with Crippen LogP contribution in [0.4, 0.5) is 17.3 Å². The number of esters is 1. The van der Waals surface area contributed by atoms with Crippen LogP contribution in [0.15, 0.2) is 60.9 Å². The van der Waals surface area contributed by atoms with E-state index in [0.717, 1.165) is 11.5 Å². The minimum absolute atomic E-state index is 0.325. The number of hydrogen-bond donors (Lipinski definition) is 2. The summed E-state index contributed by atoms with van der Waals surface area (Å²) in [6.45, 7) is 4.90. The van der Waals surface area contributed by atoms with Gasteiger partial charge in [-0.25, -0.2) is 14.8 Å². The number of rotatable bonds is 7. The summed E-state index contributed by atoms with van der Waals surface area (Å²) in [6, 6.07) is 17.3. The van der Waals surface area contributed by atoms with Gasteiger partial charge in [-0.3, -0.25) is 0 Å². The number of anilines is 3. The van der Waals surface area contributed by atoms with E-state index in [0.29, 0.717) is 24.5 Å². The van der Waals surface area contributed by atoms with Crippen LogP contribution in [0.3, 0.4) is 0 Å². The predicted octanol–water partition coefficient (Wildman–Crippen LogP) is 4.32. The lowest BCUT2D eigenvalue weighted by Crippen LogP contribution is -2.05. The average Bonchev–Trinajstić information content (AvgIpc) is 2.69. The molecule has 27 heavy (non-hydrogen) atoms. The Balaban J connectivity index is 1.61. The molecule has 0 fully saturated rings. The Morgan fingerprint density at radius 3 is 2.41 bits per heavy atom. The van der Waals surface area contributed by atoms with Crippen LogP contribution in [-0.2, 0) is 11.3 Å². The monoisotopic (exact) mass is 362 g/mol. The van der Waals surface area contributed by atoms with E-state index in [4.69, 9.17) is 4.74 Å². The number of carbonyl (C=O) groups is 1. The van der Waals surface area contributed by atoms with Gasteiger partial charge < -0.3 is 15.4 Å². The molecule has 0 aliphatic heterocycles. The minimum atomic E-state index is -0.325. The van der Waals surface area contributed by atoms with Gasteiger partial charge in [0.15, 0.2) is 0 Å². The fourth-order valence-corrected chi connectivity index (χ4v) is 2.47. The third kappa shape index (κ3) is 5.28. The summed E-state index contributed by atoms with van der Waals surface area (Å²) in [5.41, 5.74) is 3.77. The highest BCUT2D eigenvalue weighted by Crippen LogP contribution is 2.18. The van der Waals surface area contributed by atoms with Crippen LogP contribution in [0.5, 0.6) is 0 Å². The fourth-order valence-electron chi connectivity index (χ4n) is 2.47. The van der Waals surface area contributed by atoms with Gasteiger partial charge in [0.2, 0.25) is 0 Å². The zero-order valence-corrected chi connectivity index (χ0v) is 15.4. The van der Waals surface area contributed by atoms with Crippen molar-refractivity contribution in [2.75, 3.05) is 17.2 Å². The second-order valence-electron chi connectivity index (χ2n) is 6.05. The first-order chi connectivity index (χ1) is 13.1. The quantitative estimate of drug-likeness (QED) is 0.610. The molecule has 6 nitrogen and oxygen atoms in total. The van der Waals surface area contributed by atoms with E-state index in [-0.39, 0.29) is 5.97 Å². The van der Waals surface area contributed by atoms with Crippen molar-refractivity contribution in [3.8, 4) is 0 Å². The number of benzene rings is 2. The third-order valence-corrected chi connectivity index (χ3v) is 3.93. The van der Waals surface area contributed by atoms with Crippen molar-refractivity contribution >= 4 is 23.3 Å². The molecular formula is C21H22N4O2. The molecule has 6 heteroatoms. The van der Waals surface area contributed by atoms with Crippen LogP contribution in [0.1, 0.15) is 28.4 Å². The molecule has 3 aromatic rings. The Bertz CT molecular complexity index is 893. The van der Waals surface area contributed by atoms with Crippen molar-refractivity contribution in [3.05, 3.63) is 77.6 Å². The van der Waals surface area contributed by atoms with E-state index in [2.05, 4.69) is 51.8 Å². The molecule has 0 saturated heterocycles. The molecule has 0 bridgehead atoms. The maximum atomic E-state index is 11.7. The van der Waals surface area contributed by atoms with Crippen LogP contribution in [-0.4, -0.2) is 22.5 Å². The highest BCUT2D eigenvalue weighted by Gasteiger charge is 2.06. The Morgan fingerprint density at radius 2 is 1.70 bits per heavy atom. The van der Waals surface area contributed by atoms with E-state index in [9.17, 15) is 4.79 Å². The number of hydrogen-bond acceptors (Lipinski definition) is 6. The summed E-state index contributed by atoms with van der Waals surface area (Å²) in [5.74, 6) is 1.07. The van der Waals surface area contributed by atoms with Gasteiger partial charge >= 0.3 is 5.97 Å². The van der Waals surface area contributed by atoms with Crippen molar-refractivity contribution in [3.63, 3.8) is 0 Å². The fraction of sp³-hybridized carbons (Fsp3) is 0.190. The van der Waals surface area contributed by atoms with Gasteiger partial charge in [0.25, 0.3) is 0 Å². The average molecular weight is 362 g/mol. The van der Waals surface area contributed by atoms with Gasteiger partial charge in [0.1, 0.15) is 18.0 Å². The van der Waals surface area contributed by atoms with E-state index in [1.807, 2.05) is 18.2 Å². The molecule has 1 aromatic heterocycles. The molecule has 1 heterocycles. The largest absolute Gasteiger partial charge is 0.462 e. The van der Waals surface area contributed by atoms with Gasteiger partial charge in [-0.15, -0.1) is 0 Å². The molecular weight excluding hydrogens is 340 g/mol. The first-order valence-corrected chi connectivity index (χ1v) is 8.79. The SMILES string of the molecule is CCOC(=O)c1ccc(Nc2cc(NCc3ccc(C)cc3)ncn2)cc1. The van der Waals surface area contributed by atoms with Gasteiger partial charge in [0.05, 0.1) is 12.2 Å². The highest BCUT2D eigenvalue weighted by atomic mass is 16.5. The molecule has 0 radical (unpaired) electrons. The maximum Gasteiger partial charge on any atom is 0.338 e. The number of nitrogens with zero attached hydrogens (tertiary/aromatic N) is 2. The van der Waals surface area contributed by atoms with Crippen LogP contribution in [0.2, 0.25) is 0 Å². The highest BCUT2D eigenvalue weighted by molar-refractivity contribution is 5.89. The summed E-state index contributed by atoms with van der Waals surface area (Å²) >= 11 is 0. The van der Waals surface area contributed by atoms with Crippen molar-refractivity contribution < 1.29 is 9.53 Å². The Hall–Kier alpha value is -3.41. The molecule has 0 aliphatic rings. The number of ether oxygens (including phenoxy) is 1. The summed E-state index contributed by atoms with van der Waals surface area (Å²) in [6.07, 6.45) is 1.51. The van der Waals surface area contributed by atoms with E-state index in [1.165, 1.54) is 17.5 Å². The number of aryl methyl sites for hydroxylation is 1. The molecule has 138 valence electrons. The molecule has 0 spiro atoms. The smallest absolute Gasteiger partial charge is 0.338 e. The summed E-state index contributed by atoms with van der Waals surface area (Å²) < 4.78 is 4.98. The van der Waals surface area contributed by atoms with Gasteiger partial charge in [-0.05, 0) is 43.7 Å². The third-order valence-electron chi connectivity index (χ3n) is 3.93. The van der Waals surface area contributed by atoms with Crippen LogP contribution >= 0.6 is 0 Å². The first kappa shape index (κ1) is 18.4. The zero-order valence-electron chi connectivity index (χ0n) is 15.4. The van der Waals surface area contributed by atoms with E-state index in [1.54, 1.807) is 19.1 Å². The molecule has 0 saturated carbocycles. The minimum Gasteiger partial charge on any atom is -0.462 e. The van der Waals surface area contributed by atoms with Crippen LogP contribution in [0, 0.1) is 6.92 Å². The molecule has 0 atom stereocenters. The van der Waals surface area contributed by atoms with Crippen molar-refractivity contribution in [1.29, 1.82) is 0 Å². The van der Waals surface area contributed by atoms with Gasteiger partial charge in [0, 0.05) is 18.3 Å². The molecule has 2 aromatic carbocycles. The molecule has 3 rings (SSSR count). The predicted molar refractivity (Wildman–Crippen MR) is 106 cm³/mol. The second kappa shape index (κ2) is 8.80. The molecule has 0 amide bonds. The van der Waals surface area contributed by atoms with Gasteiger partial charge in [-0.2, -0.15) is 0 Å². The summed E-state index contributed by atoms with van der Waals surface area (Å²) in [7, 11) is 0. The molecule has 0 aliphatic carbocycles. The van der Waals surface area contributed by atoms with Crippen molar-refractivity contribution in [2.24, 2.45) is 0 Å². The summed E-state index contributed by atoms with van der Waals surface area (Å²) in [4.78, 5) is 20.2.